The molecular formula is C22H23BrN4O2. The normalized spacial score (nSPS) is 11.9. The largest absolute Gasteiger partial charge is 0.350 e. The van der Waals surface area contributed by atoms with Gasteiger partial charge in [-0.2, -0.15) is 5.10 Å². The molecular weight excluding hydrogens is 432 g/mol. The van der Waals surface area contributed by atoms with E-state index in [0.717, 1.165) is 15.7 Å². The number of para-hydroxylation sites is 1. The van der Waals surface area contributed by atoms with E-state index in [9.17, 15) is 9.59 Å². The maximum absolute atomic E-state index is 12.7. The molecule has 2 aromatic carbocycles. The summed E-state index contributed by atoms with van der Waals surface area (Å²) < 4.78 is 2.65. The van der Waals surface area contributed by atoms with E-state index < -0.39 is 6.04 Å². The topological polar surface area (TPSA) is 76.0 Å². The van der Waals surface area contributed by atoms with E-state index in [-0.39, 0.29) is 17.7 Å². The summed E-state index contributed by atoms with van der Waals surface area (Å²) in [5.74, 6) is -0.553. The van der Waals surface area contributed by atoms with E-state index >= 15 is 0 Å². The van der Waals surface area contributed by atoms with Crippen molar-refractivity contribution < 1.29 is 9.59 Å². The minimum atomic E-state index is -0.629. The lowest BCUT2D eigenvalue weighted by Crippen LogP contribution is -2.49. The zero-order valence-corrected chi connectivity index (χ0v) is 17.9. The lowest BCUT2D eigenvalue weighted by atomic mass is 10.0. The molecule has 2 amide bonds. The van der Waals surface area contributed by atoms with Crippen LogP contribution >= 0.6 is 15.9 Å². The number of rotatable bonds is 7. The highest BCUT2D eigenvalue weighted by atomic mass is 79.9. The van der Waals surface area contributed by atoms with Gasteiger partial charge in [-0.05, 0) is 42.3 Å². The zero-order chi connectivity index (χ0) is 20.8. The van der Waals surface area contributed by atoms with Crippen LogP contribution < -0.4 is 10.6 Å². The van der Waals surface area contributed by atoms with Crippen LogP contribution in [0, 0.1) is 5.92 Å². The number of aromatic nitrogens is 2. The third-order valence-corrected chi connectivity index (χ3v) is 4.99. The molecule has 1 heterocycles. The van der Waals surface area contributed by atoms with Gasteiger partial charge in [-0.1, -0.05) is 48.0 Å². The molecule has 0 fully saturated rings. The Morgan fingerprint density at radius 1 is 1.07 bits per heavy atom. The highest BCUT2D eigenvalue weighted by Gasteiger charge is 2.24. The predicted octanol–water partition coefficient (Wildman–Crippen LogP) is 3.71. The summed E-state index contributed by atoms with van der Waals surface area (Å²) in [5.41, 5.74) is 2.34. The zero-order valence-electron chi connectivity index (χ0n) is 16.3. The van der Waals surface area contributed by atoms with Crippen LogP contribution in [0.1, 0.15) is 29.8 Å². The van der Waals surface area contributed by atoms with E-state index in [2.05, 4.69) is 31.7 Å². The molecule has 29 heavy (non-hydrogen) atoms. The van der Waals surface area contributed by atoms with E-state index in [0.29, 0.717) is 12.1 Å². The van der Waals surface area contributed by atoms with Crippen molar-refractivity contribution in [1.29, 1.82) is 0 Å². The molecule has 3 aromatic rings. The smallest absolute Gasteiger partial charge is 0.251 e. The highest BCUT2D eigenvalue weighted by Crippen LogP contribution is 2.12. The van der Waals surface area contributed by atoms with Crippen LogP contribution in [0.4, 0.5) is 0 Å². The van der Waals surface area contributed by atoms with Crippen LogP contribution in [0.2, 0.25) is 0 Å². The molecule has 6 nitrogen and oxygen atoms in total. The van der Waals surface area contributed by atoms with E-state index in [1.54, 1.807) is 35.1 Å². The first kappa shape index (κ1) is 20.8. The minimum absolute atomic E-state index is 0.0542. The summed E-state index contributed by atoms with van der Waals surface area (Å²) in [5, 5.41) is 10.1. The fourth-order valence-corrected chi connectivity index (χ4v) is 3.10. The Bertz CT molecular complexity index is 968. The summed E-state index contributed by atoms with van der Waals surface area (Å²) in [6.07, 6.45) is 3.60. The lowest BCUT2D eigenvalue weighted by Gasteiger charge is -2.21. The van der Waals surface area contributed by atoms with Gasteiger partial charge < -0.3 is 10.6 Å². The molecule has 2 N–H and O–H groups in total. The van der Waals surface area contributed by atoms with Gasteiger partial charge in [0.2, 0.25) is 5.91 Å². The molecule has 0 unspecified atom stereocenters. The van der Waals surface area contributed by atoms with Crippen molar-refractivity contribution in [2.24, 2.45) is 5.92 Å². The highest BCUT2D eigenvalue weighted by molar-refractivity contribution is 9.10. The van der Waals surface area contributed by atoms with E-state index in [1.165, 1.54) is 0 Å². The quantitative estimate of drug-likeness (QED) is 0.571. The maximum atomic E-state index is 12.7. The number of halogens is 1. The summed E-state index contributed by atoms with van der Waals surface area (Å²) in [7, 11) is 0. The molecule has 0 saturated carbocycles. The van der Waals surface area contributed by atoms with Gasteiger partial charge in [0.15, 0.2) is 0 Å². The number of nitrogens with one attached hydrogen (secondary N) is 2. The molecule has 3 rings (SSSR count). The Morgan fingerprint density at radius 3 is 2.41 bits per heavy atom. The summed E-state index contributed by atoms with van der Waals surface area (Å²) in [4.78, 5) is 25.2. The average Bonchev–Trinajstić information content (AvgIpc) is 3.20. The second-order valence-corrected chi connectivity index (χ2v) is 7.96. The summed E-state index contributed by atoms with van der Waals surface area (Å²) >= 11 is 3.35. The molecule has 0 aliphatic rings. The van der Waals surface area contributed by atoms with Crippen molar-refractivity contribution in [3.8, 4) is 5.69 Å². The van der Waals surface area contributed by atoms with Gasteiger partial charge in [0, 0.05) is 28.3 Å². The van der Waals surface area contributed by atoms with Gasteiger partial charge in [0.05, 0.1) is 11.9 Å². The number of hydrogen-bond donors (Lipinski definition) is 2. The Balaban J connectivity index is 1.60. The molecule has 0 radical (unpaired) electrons. The SMILES string of the molecule is CC(C)[C@H](NC(=O)c1ccc(Br)cc1)C(=O)NCc1cnn(-c2ccccc2)c1. The fourth-order valence-electron chi connectivity index (χ4n) is 2.83. The molecule has 1 aromatic heterocycles. The maximum Gasteiger partial charge on any atom is 0.251 e. The number of hydrogen-bond acceptors (Lipinski definition) is 3. The molecule has 1 atom stereocenters. The number of nitrogens with zero attached hydrogens (tertiary/aromatic N) is 2. The van der Waals surface area contributed by atoms with Crippen molar-refractivity contribution >= 4 is 27.7 Å². The molecule has 0 spiro atoms. The molecule has 0 aliphatic carbocycles. The number of amides is 2. The lowest BCUT2D eigenvalue weighted by molar-refractivity contribution is -0.124. The Hall–Kier alpha value is -2.93. The Morgan fingerprint density at radius 2 is 1.76 bits per heavy atom. The molecule has 0 bridgehead atoms. The van der Waals surface area contributed by atoms with E-state index in [1.807, 2.05) is 50.4 Å². The van der Waals surface area contributed by atoms with Crippen molar-refractivity contribution in [2.45, 2.75) is 26.4 Å². The second kappa shape index (κ2) is 9.52. The first-order valence-electron chi connectivity index (χ1n) is 9.37. The van der Waals surface area contributed by atoms with Crippen LogP contribution in [0.3, 0.4) is 0 Å². The molecule has 0 aliphatic heterocycles. The molecule has 150 valence electrons. The van der Waals surface area contributed by atoms with Gasteiger partial charge in [0.25, 0.3) is 5.91 Å². The third-order valence-electron chi connectivity index (χ3n) is 4.47. The first-order valence-corrected chi connectivity index (χ1v) is 10.2. The minimum Gasteiger partial charge on any atom is -0.350 e. The van der Waals surface area contributed by atoms with Crippen molar-refractivity contribution in [3.05, 3.63) is 82.6 Å². The van der Waals surface area contributed by atoms with Gasteiger partial charge >= 0.3 is 0 Å². The van der Waals surface area contributed by atoms with Crippen LogP contribution in [0.25, 0.3) is 5.69 Å². The Labute approximate surface area is 178 Å². The predicted molar refractivity (Wildman–Crippen MR) is 116 cm³/mol. The second-order valence-electron chi connectivity index (χ2n) is 7.05. The number of benzene rings is 2. The average molecular weight is 455 g/mol. The Kier molecular flexibility index (Phi) is 6.82. The number of carbonyl (C=O) groups excluding carboxylic acids is 2. The van der Waals surface area contributed by atoms with Crippen LogP contribution in [-0.2, 0) is 11.3 Å². The number of carbonyl (C=O) groups is 2. The van der Waals surface area contributed by atoms with Gasteiger partial charge in [-0.15, -0.1) is 0 Å². The van der Waals surface area contributed by atoms with Gasteiger partial charge in [0.1, 0.15) is 6.04 Å². The van der Waals surface area contributed by atoms with Crippen molar-refractivity contribution in [1.82, 2.24) is 20.4 Å². The summed E-state index contributed by atoms with van der Waals surface area (Å²) in [6, 6.07) is 16.1. The molecule has 0 saturated heterocycles. The third kappa shape index (κ3) is 5.54. The standard InChI is InChI=1S/C22H23BrN4O2/c1-15(2)20(26-21(28)17-8-10-18(23)11-9-17)22(29)24-12-16-13-25-27(14-16)19-6-4-3-5-7-19/h3-11,13-15,20H,12H2,1-2H3,(H,24,29)(H,26,28)/t20-/m0/s1. The van der Waals surface area contributed by atoms with Crippen LogP contribution in [-0.4, -0.2) is 27.6 Å². The van der Waals surface area contributed by atoms with Gasteiger partial charge in [-0.25, -0.2) is 4.68 Å². The van der Waals surface area contributed by atoms with Crippen LogP contribution in [0.15, 0.2) is 71.5 Å². The van der Waals surface area contributed by atoms with Gasteiger partial charge in [-0.3, -0.25) is 9.59 Å². The fraction of sp³-hybridized carbons (Fsp3) is 0.227. The monoisotopic (exact) mass is 454 g/mol. The van der Waals surface area contributed by atoms with Crippen molar-refractivity contribution in [2.75, 3.05) is 0 Å². The first-order chi connectivity index (χ1) is 13.9. The van der Waals surface area contributed by atoms with E-state index in [4.69, 9.17) is 0 Å². The summed E-state index contributed by atoms with van der Waals surface area (Å²) in [6.45, 7) is 4.14. The van der Waals surface area contributed by atoms with Crippen molar-refractivity contribution in [3.63, 3.8) is 0 Å². The van der Waals surface area contributed by atoms with Crippen LogP contribution in [0.5, 0.6) is 0 Å². The molecule has 7 heteroatoms.